The summed E-state index contributed by atoms with van der Waals surface area (Å²) in [6.45, 7) is 2.64. The molecule has 0 N–H and O–H groups in total. The fourth-order valence-electron chi connectivity index (χ4n) is 1.57. The molecule has 0 saturated carbocycles. The predicted octanol–water partition coefficient (Wildman–Crippen LogP) is 2.52. The molecule has 0 aliphatic heterocycles. The Morgan fingerprint density at radius 3 is 3.00 bits per heavy atom. The van der Waals surface area contributed by atoms with E-state index < -0.39 is 0 Å². The third kappa shape index (κ3) is 1.21. The quantitative estimate of drug-likeness (QED) is 0.711. The van der Waals surface area contributed by atoms with Crippen LogP contribution in [0.4, 0.5) is 0 Å². The normalized spacial score (nSPS) is 10.7. The van der Waals surface area contributed by atoms with E-state index in [4.69, 9.17) is 11.6 Å². The molecule has 0 radical (unpaired) electrons. The zero-order chi connectivity index (χ0) is 10.1. The van der Waals surface area contributed by atoms with Gasteiger partial charge in [-0.3, -0.25) is 4.79 Å². The van der Waals surface area contributed by atoms with Crippen molar-refractivity contribution in [3.8, 4) is 0 Å². The van der Waals surface area contributed by atoms with Crippen molar-refractivity contribution in [1.82, 2.24) is 9.55 Å². The fourth-order valence-corrected chi connectivity index (χ4v) is 1.84. The predicted molar refractivity (Wildman–Crippen MR) is 55.8 cm³/mol. The largest absolute Gasteiger partial charge is 0.321 e. The van der Waals surface area contributed by atoms with Gasteiger partial charge in [0.1, 0.15) is 0 Å². The maximum atomic E-state index is 10.7. The minimum Gasteiger partial charge on any atom is -0.321 e. The van der Waals surface area contributed by atoms with Crippen LogP contribution in [0, 0.1) is 0 Å². The Hall–Kier alpha value is -1.35. The van der Waals surface area contributed by atoms with E-state index in [0.717, 1.165) is 17.3 Å². The third-order valence-electron chi connectivity index (χ3n) is 2.17. The second-order valence-electron chi connectivity index (χ2n) is 2.94. The number of para-hydroxylation sites is 1. The number of carbonyl (C=O) groups is 1. The molecule has 0 aliphatic carbocycles. The van der Waals surface area contributed by atoms with Gasteiger partial charge in [0.05, 0.1) is 16.1 Å². The molecule has 72 valence electrons. The Bertz CT molecular complexity index is 490. The number of halogens is 1. The van der Waals surface area contributed by atoms with Crippen molar-refractivity contribution < 1.29 is 4.79 Å². The summed E-state index contributed by atoms with van der Waals surface area (Å²) >= 11 is 6.03. The summed E-state index contributed by atoms with van der Waals surface area (Å²) in [7, 11) is 0. The molecule has 0 bridgehead atoms. The van der Waals surface area contributed by atoms with Crippen LogP contribution in [0.25, 0.3) is 11.0 Å². The van der Waals surface area contributed by atoms with Gasteiger partial charge in [0, 0.05) is 6.54 Å². The molecule has 2 rings (SSSR count). The van der Waals surface area contributed by atoms with Crippen LogP contribution in [-0.2, 0) is 6.54 Å². The number of aryl methyl sites for hydroxylation is 1. The maximum Gasteiger partial charge on any atom is 0.185 e. The van der Waals surface area contributed by atoms with Crippen LogP contribution >= 0.6 is 11.6 Å². The van der Waals surface area contributed by atoms with E-state index in [9.17, 15) is 4.79 Å². The van der Waals surface area contributed by atoms with Gasteiger partial charge in [-0.1, -0.05) is 17.7 Å². The van der Waals surface area contributed by atoms with E-state index in [2.05, 4.69) is 4.98 Å². The number of carbonyl (C=O) groups excluding carboxylic acids is 1. The molecule has 1 aromatic heterocycles. The molecule has 4 heteroatoms. The van der Waals surface area contributed by atoms with Crippen molar-refractivity contribution in [2.45, 2.75) is 13.5 Å². The van der Waals surface area contributed by atoms with Gasteiger partial charge >= 0.3 is 0 Å². The van der Waals surface area contributed by atoms with Crippen LogP contribution in [0.15, 0.2) is 18.2 Å². The van der Waals surface area contributed by atoms with Gasteiger partial charge in [0.2, 0.25) is 0 Å². The van der Waals surface area contributed by atoms with Crippen molar-refractivity contribution >= 4 is 28.9 Å². The molecule has 0 amide bonds. The number of aromatic nitrogens is 2. The number of rotatable bonds is 2. The summed E-state index contributed by atoms with van der Waals surface area (Å²) in [5, 5.41) is 0.630. The van der Waals surface area contributed by atoms with Gasteiger partial charge in [-0.25, -0.2) is 4.98 Å². The fraction of sp³-hybridized carbons (Fsp3) is 0.200. The van der Waals surface area contributed by atoms with Crippen LogP contribution in [0.3, 0.4) is 0 Å². The average Bonchev–Trinajstić information content (AvgIpc) is 2.56. The lowest BCUT2D eigenvalue weighted by Gasteiger charge is -2.01. The summed E-state index contributed by atoms with van der Waals surface area (Å²) in [6.07, 6.45) is 0.750. The third-order valence-corrected chi connectivity index (χ3v) is 2.47. The Labute approximate surface area is 86.3 Å². The molecule has 0 unspecified atom stereocenters. The Morgan fingerprint density at radius 2 is 2.36 bits per heavy atom. The van der Waals surface area contributed by atoms with Crippen molar-refractivity contribution in [1.29, 1.82) is 0 Å². The van der Waals surface area contributed by atoms with Crippen molar-refractivity contribution in [3.05, 3.63) is 29.0 Å². The second-order valence-corrected chi connectivity index (χ2v) is 3.35. The first-order valence-corrected chi connectivity index (χ1v) is 4.75. The molecule has 0 saturated heterocycles. The highest BCUT2D eigenvalue weighted by Gasteiger charge is 2.10. The lowest BCUT2D eigenvalue weighted by atomic mass is 10.3. The molecule has 1 heterocycles. The highest BCUT2D eigenvalue weighted by Crippen LogP contribution is 2.23. The highest BCUT2D eigenvalue weighted by atomic mass is 35.5. The first-order valence-electron chi connectivity index (χ1n) is 4.38. The summed E-state index contributed by atoms with van der Waals surface area (Å²) < 4.78 is 1.81. The standard InChI is InChI=1S/C10H9ClN2O/c1-2-13-9(6-14)12-8-5-3-4-7(11)10(8)13/h3-6H,2H2,1H3. The van der Waals surface area contributed by atoms with Gasteiger partial charge in [0.15, 0.2) is 12.1 Å². The molecule has 0 spiro atoms. The molecule has 1 aromatic carbocycles. The van der Waals surface area contributed by atoms with Gasteiger partial charge < -0.3 is 4.57 Å². The first-order chi connectivity index (χ1) is 6.77. The Kier molecular flexibility index (Phi) is 2.25. The van der Waals surface area contributed by atoms with Crippen LogP contribution in [0.5, 0.6) is 0 Å². The van der Waals surface area contributed by atoms with Crippen LogP contribution in [-0.4, -0.2) is 15.8 Å². The highest BCUT2D eigenvalue weighted by molar-refractivity contribution is 6.35. The van der Waals surface area contributed by atoms with Crippen LogP contribution in [0.2, 0.25) is 5.02 Å². The summed E-state index contributed by atoms with van der Waals surface area (Å²) in [6, 6.07) is 5.47. The molecule has 2 aromatic rings. The van der Waals surface area contributed by atoms with Crippen LogP contribution < -0.4 is 0 Å². The molecular weight excluding hydrogens is 200 g/mol. The maximum absolute atomic E-state index is 10.7. The molecule has 0 fully saturated rings. The molecular formula is C10H9ClN2O. The number of hydrogen-bond donors (Lipinski definition) is 0. The van der Waals surface area contributed by atoms with Gasteiger partial charge in [-0.2, -0.15) is 0 Å². The zero-order valence-corrected chi connectivity index (χ0v) is 8.45. The van der Waals surface area contributed by atoms with E-state index >= 15 is 0 Å². The van der Waals surface area contributed by atoms with E-state index in [1.165, 1.54) is 0 Å². The van der Waals surface area contributed by atoms with Gasteiger partial charge in [-0.15, -0.1) is 0 Å². The number of hydrogen-bond acceptors (Lipinski definition) is 2. The smallest absolute Gasteiger partial charge is 0.185 e. The van der Waals surface area contributed by atoms with Crippen molar-refractivity contribution in [3.63, 3.8) is 0 Å². The zero-order valence-electron chi connectivity index (χ0n) is 7.70. The monoisotopic (exact) mass is 208 g/mol. The van der Waals surface area contributed by atoms with E-state index in [1.807, 2.05) is 23.6 Å². The lowest BCUT2D eigenvalue weighted by molar-refractivity contribution is 0.111. The summed E-state index contributed by atoms with van der Waals surface area (Å²) in [5.41, 5.74) is 1.60. The van der Waals surface area contributed by atoms with Gasteiger partial charge in [-0.05, 0) is 19.1 Å². The summed E-state index contributed by atoms with van der Waals surface area (Å²) in [5.74, 6) is 0.426. The SMILES string of the molecule is CCn1c(C=O)nc2cccc(Cl)c21. The van der Waals surface area contributed by atoms with Crippen molar-refractivity contribution in [2.75, 3.05) is 0 Å². The number of fused-ring (bicyclic) bond motifs is 1. The number of benzene rings is 1. The van der Waals surface area contributed by atoms with E-state index in [-0.39, 0.29) is 0 Å². The van der Waals surface area contributed by atoms with Crippen LogP contribution in [0.1, 0.15) is 17.5 Å². The molecule has 3 nitrogen and oxygen atoms in total. The Balaban J connectivity index is 2.88. The molecule has 0 aliphatic rings. The van der Waals surface area contributed by atoms with Gasteiger partial charge in [0.25, 0.3) is 0 Å². The minimum absolute atomic E-state index is 0.426. The summed E-state index contributed by atoms with van der Waals surface area (Å²) in [4.78, 5) is 14.9. The minimum atomic E-state index is 0.426. The average molecular weight is 209 g/mol. The number of imidazole rings is 1. The number of aldehydes is 1. The Morgan fingerprint density at radius 1 is 1.57 bits per heavy atom. The molecule has 0 atom stereocenters. The van der Waals surface area contributed by atoms with Crippen molar-refractivity contribution in [2.24, 2.45) is 0 Å². The van der Waals surface area contributed by atoms with E-state index in [0.29, 0.717) is 17.4 Å². The lowest BCUT2D eigenvalue weighted by Crippen LogP contribution is -2.00. The number of nitrogens with zero attached hydrogens (tertiary/aromatic N) is 2. The second kappa shape index (κ2) is 3.42. The topological polar surface area (TPSA) is 34.9 Å². The molecule has 14 heavy (non-hydrogen) atoms. The first kappa shape index (κ1) is 9.21. The van der Waals surface area contributed by atoms with E-state index in [1.54, 1.807) is 6.07 Å².